The summed E-state index contributed by atoms with van der Waals surface area (Å²) in [6.07, 6.45) is 1.14. The Bertz CT molecular complexity index is 635. The lowest BCUT2D eigenvalue weighted by atomic mass is 10.1. The first-order valence-electron chi connectivity index (χ1n) is 7.98. The van der Waals surface area contributed by atoms with Gasteiger partial charge in [-0.3, -0.25) is 0 Å². The molecule has 0 radical (unpaired) electrons. The van der Waals surface area contributed by atoms with Crippen LogP contribution in [0.4, 0.5) is 0 Å². The predicted octanol–water partition coefficient (Wildman–Crippen LogP) is 4.44. The Labute approximate surface area is 144 Å². The van der Waals surface area contributed by atoms with E-state index >= 15 is 0 Å². The summed E-state index contributed by atoms with van der Waals surface area (Å²) in [4.78, 5) is 0. The quantitative estimate of drug-likeness (QED) is 0.791. The highest BCUT2D eigenvalue weighted by atomic mass is 79.9. The highest BCUT2D eigenvalue weighted by Crippen LogP contribution is 2.44. The maximum Gasteiger partial charge on any atom is 0.184 e. The molecule has 0 N–H and O–H groups in total. The molecular weight excluding hydrogens is 356 g/mol. The first kappa shape index (κ1) is 15.3. The molecule has 2 aliphatic rings. The van der Waals surface area contributed by atoms with Gasteiger partial charge < -0.3 is 14.2 Å². The third-order valence-corrected chi connectivity index (χ3v) is 4.86. The molecular formula is C19H19BrO3. The van der Waals surface area contributed by atoms with Crippen molar-refractivity contribution in [1.82, 2.24) is 0 Å². The minimum Gasteiger partial charge on any atom is -0.370 e. The maximum absolute atomic E-state index is 6.12. The van der Waals surface area contributed by atoms with Crippen LogP contribution in [0.5, 0.6) is 0 Å². The van der Waals surface area contributed by atoms with Crippen molar-refractivity contribution in [1.29, 1.82) is 0 Å². The van der Waals surface area contributed by atoms with E-state index in [9.17, 15) is 0 Å². The van der Waals surface area contributed by atoms with Crippen LogP contribution in [0.25, 0.3) is 0 Å². The third kappa shape index (κ3) is 3.66. The minimum atomic E-state index is -0.266. The molecule has 2 aromatic rings. The molecule has 3 nitrogen and oxygen atoms in total. The molecule has 23 heavy (non-hydrogen) atoms. The van der Waals surface area contributed by atoms with E-state index in [1.807, 2.05) is 30.3 Å². The molecule has 2 atom stereocenters. The van der Waals surface area contributed by atoms with Crippen LogP contribution in [-0.4, -0.2) is 25.4 Å². The Balaban J connectivity index is 1.27. The van der Waals surface area contributed by atoms with Gasteiger partial charge in [0.2, 0.25) is 0 Å². The van der Waals surface area contributed by atoms with Crippen LogP contribution < -0.4 is 0 Å². The summed E-state index contributed by atoms with van der Waals surface area (Å²) in [5.74, 6) is 0.509. The number of ether oxygens (including phenoxy) is 3. The fraction of sp³-hybridized carbons (Fsp3) is 0.368. The highest BCUT2D eigenvalue weighted by Gasteiger charge is 2.41. The second-order valence-corrected chi connectivity index (χ2v) is 7.02. The number of hydrogen-bond donors (Lipinski definition) is 0. The zero-order chi connectivity index (χ0) is 15.6. The van der Waals surface area contributed by atoms with Crippen LogP contribution in [0.15, 0.2) is 59.1 Å². The van der Waals surface area contributed by atoms with Gasteiger partial charge in [-0.25, -0.2) is 0 Å². The monoisotopic (exact) mass is 374 g/mol. The molecule has 0 bridgehead atoms. The molecule has 1 saturated heterocycles. The van der Waals surface area contributed by atoms with Gasteiger partial charge in [0.05, 0.1) is 19.3 Å². The Morgan fingerprint density at radius 2 is 1.57 bits per heavy atom. The highest BCUT2D eigenvalue weighted by molar-refractivity contribution is 9.10. The summed E-state index contributed by atoms with van der Waals surface area (Å²) in [6.45, 7) is 1.17. The van der Waals surface area contributed by atoms with Crippen LogP contribution in [0.2, 0.25) is 0 Å². The van der Waals surface area contributed by atoms with Gasteiger partial charge in [-0.15, -0.1) is 0 Å². The lowest BCUT2D eigenvalue weighted by Gasteiger charge is -2.29. The first-order chi connectivity index (χ1) is 11.3. The molecule has 1 heterocycles. The van der Waals surface area contributed by atoms with Crippen molar-refractivity contribution < 1.29 is 14.2 Å². The van der Waals surface area contributed by atoms with Gasteiger partial charge in [0.15, 0.2) is 6.29 Å². The average molecular weight is 375 g/mol. The molecule has 0 unspecified atom stereocenters. The van der Waals surface area contributed by atoms with Gasteiger partial charge in [-0.05, 0) is 24.1 Å². The van der Waals surface area contributed by atoms with E-state index in [0.29, 0.717) is 25.2 Å². The fourth-order valence-electron chi connectivity index (χ4n) is 3.00. The SMILES string of the molecule is Brc1ccc([C@@H]2C[C@H]2OC2COC(c3ccccc3)OC2)cc1. The summed E-state index contributed by atoms with van der Waals surface area (Å²) in [5, 5.41) is 0. The minimum absolute atomic E-state index is 0.0282. The van der Waals surface area contributed by atoms with Gasteiger partial charge >= 0.3 is 0 Å². The van der Waals surface area contributed by atoms with Crippen molar-refractivity contribution in [2.45, 2.75) is 30.8 Å². The van der Waals surface area contributed by atoms with E-state index < -0.39 is 0 Å². The normalized spacial score (nSPS) is 30.1. The lowest BCUT2D eigenvalue weighted by molar-refractivity contribution is -0.232. The zero-order valence-electron chi connectivity index (χ0n) is 12.7. The van der Waals surface area contributed by atoms with Crippen LogP contribution in [0.1, 0.15) is 29.8 Å². The van der Waals surface area contributed by atoms with Gasteiger partial charge in [-0.1, -0.05) is 58.4 Å². The molecule has 1 saturated carbocycles. The van der Waals surface area contributed by atoms with Crippen molar-refractivity contribution in [3.05, 3.63) is 70.2 Å². The van der Waals surface area contributed by atoms with Crippen molar-refractivity contribution in [3.8, 4) is 0 Å². The number of hydrogen-bond acceptors (Lipinski definition) is 3. The third-order valence-electron chi connectivity index (χ3n) is 4.34. The standard InChI is InChI=1S/C19H19BrO3/c20-15-8-6-13(7-9-15)17-10-18(17)23-16-11-21-19(22-12-16)14-4-2-1-3-5-14/h1-9,16-19H,10-12H2/t16?,17-,18+,19?/m0/s1. The van der Waals surface area contributed by atoms with Crippen molar-refractivity contribution in [3.63, 3.8) is 0 Å². The Morgan fingerprint density at radius 1 is 0.870 bits per heavy atom. The number of benzene rings is 2. The summed E-state index contributed by atoms with van der Waals surface area (Å²) < 4.78 is 18.9. The van der Waals surface area contributed by atoms with Crippen LogP contribution >= 0.6 is 15.9 Å². The van der Waals surface area contributed by atoms with E-state index in [4.69, 9.17) is 14.2 Å². The molecule has 2 aromatic carbocycles. The molecule has 4 rings (SSSR count). The predicted molar refractivity (Wildman–Crippen MR) is 91.2 cm³/mol. The van der Waals surface area contributed by atoms with Gasteiger partial charge in [0, 0.05) is 16.0 Å². The first-order valence-corrected chi connectivity index (χ1v) is 8.78. The largest absolute Gasteiger partial charge is 0.370 e. The number of rotatable bonds is 4. The zero-order valence-corrected chi connectivity index (χ0v) is 14.3. The molecule has 0 amide bonds. The molecule has 2 fully saturated rings. The maximum atomic E-state index is 6.12. The van der Waals surface area contributed by atoms with Crippen molar-refractivity contribution in [2.75, 3.05) is 13.2 Å². The molecule has 4 heteroatoms. The summed E-state index contributed by atoms with van der Waals surface area (Å²) in [5.41, 5.74) is 2.41. The van der Waals surface area contributed by atoms with E-state index in [0.717, 1.165) is 16.5 Å². The van der Waals surface area contributed by atoms with Crippen LogP contribution in [0, 0.1) is 0 Å². The lowest BCUT2D eigenvalue weighted by Crippen LogP contribution is -2.34. The molecule has 0 aromatic heterocycles. The van der Waals surface area contributed by atoms with Crippen LogP contribution in [-0.2, 0) is 14.2 Å². The summed E-state index contributed by atoms with van der Waals surface area (Å²) in [7, 11) is 0. The molecule has 120 valence electrons. The van der Waals surface area contributed by atoms with E-state index in [2.05, 4.69) is 40.2 Å². The Hall–Kier alpha value is -1.20. The van der Waals surface area contributed by atoms with Crippen LogP contribution in [0.3, 0.4) is 0 Å². The van der Waals surface area contributed by atoms with E-state index in [1.54, 1.807) is 0 Å². The average Bonchev–Trinajstić information content (AvgIpc) is 3.36. The van der Waals surface area contributed by atoms with Gasteiger partial charge in [0.1, 0.15) is 6.10 Å². The topological polar surface area (TPSA) is 27.7 Å². The van der Waals surface area contributed by atoms with Gasteiger partial charge in [-0.2, -0.15) is 0 Å². The molecule has 1 aliphatic carbocycles. The molecule has 1 aliphatic heterocycles. The Morgan fingerprint density at radius 3 is 2.26 bits per heavy atom. The van der Waals surface area contributed by atoms with Crippen molar-refractivity contribution in [2.24, 2.45) is 0 Å². The van der Waals surface area contributed by atoms with E-state index in [-0.39, 0.29) is 12.4 Å². The van der Waals surface area contributed by atoms with E-state index in [1.165, 1.54) is 5.56 Å². The summed E-state index contributed by atoms with van der Waals surface area (Å²) >= 11 is 3.47. The fourth-order valence-corrected chi connectivity index (χ4v) is 3.26. The number of halogens is 1. The Kier molecular flexibility index (Phi) is 4.49. The van der Waals surface area contributed by atoms with Gasteiger partial charge in [0.25, 0.3) is 0 Å². The van der Waals surface area contributed by atoms with Crippen molar-refractivity contribution >= 4 is 15.9 Å². The second kappa shape index (κ2) is 6.73. The summed E-state index contributed by atoms with van der Waals surface area (Å²) in [6, 6.07) is 18.5. The molecule has 0 spiro atoms. The second-order valence-electron chi connectivity index (χ2n) is 6.10. The smallest absolute Gasteiger partial charge is 0.184 e.